The molecular weight excluding hydrogens is 324 g/mol. The van der Waals surface area contributed by atoms with Crippen LogP contribution < -0.4 is 0 Å². The molecule has 0 heteroatoms. The fraction of sp³-hybridized carbons (Fsp3) is 0.111. The Morgan fingerprint density at radius 2 is 1.19 bits per heavy atom. The molecule has 0 radical (unpaired) electrons. The van der Waals surface area contributed by atoms with Crippen LogP contribution in [0.3, 0.4) is 0 Å². The van der Waals surface area contributed by atoms with Crippen LogP contribution >= 0.6 is 0 Å². The van der Waals surface area contributed by atoms with E-state index in [2.05, 4.69) is 111 Å². The second-order valence-electron chi connectivity index (χ2n) is 7.24. The van der Waals surface area contributed by atoms with Gasteiger partial charge in [-0.25, -0.2) is 0 Å². The Labute approximate surface area is 162 Å². The highest BCUT2D eigenvalue weighted by atomic mass is 14.1. The van der Waals surface area contributed by atoms with E-state index in [1.807, 2.05) is 0 Å². The fourth-order valence-corrected chi connectivity index (χ4v) is 3.46. The Bertz CT molecular complexity index is 1040. The molecule has 0 aromatic heterocycles. The molecule has 3 aromatic rings. The summed E-state index contributed by atoms with van der Waals surface area (Å²) in [6.07, 6.45) is 9.86. The van der Waals surface area contributed by atoms with E-state index in [-0.39, 0.29) is 0 Å². The normalized spacial score (nSPS) is 13.7. The third-order valence-electron chi connectivity index (χ3n) is 5.08. The monoisotopic (exact) mass is 348 g/mol. The molecule has 0 nitrogen and oxygen atoms in total. The zero-order valence-corrected chi connectivity index (χ0v) is 15.9. The van der Waals surface area contributed by atoms with Crippen LogP contribution in [0.1, 0.15) is 24.5 Å². The topological polar surface area (TPSA) is 0 Å². The predicted molar refractivity (Wildman–Crippen MR) is 118 cm³/mol. The standard InChI is InChI=1S/C27H24/c1-20-6-3-7-22(15-12-20)24-8-4-10-26(18-24)27-11-5-9-25(19-27)23-16-13-21(2)14-17-23/h3-6,8-19H,7H2,1-2H3. The van der Waals surface area contributed by atoms with Gasteiger partial charge in [0.25, 0.3) is 0 Å². The Morgan fingerprint density at radius 1 is 0.593 bits per heavy atom. The minimum Gasteiger partial charge on any atom is -0.0798 e. The van der Waals surface area contributed by atoms with Gasteiger partial charge in [0.05, 0.1) is 0 Å². The molecule has 4 rings (SSSR count). The van der Waals surface area contributed by atoms with Gasteiger partial charge in [0, 0.05) is 0 Å². The van der Waals surface area contributed by atoms with E-state index in [1.165, 1.54) is 44.5 Å². The second-order valence-corrected chi connectivity index (χ2v) is 7.24. The summed E-state index contributed by atoms with van der Waals surface area (Å²) in [6.45, 7) is 4.27. The Hall–Kier alpha value is -3.12. The number of allylic oxidation sites excluding steroid dienone is 6. The van der Waals surface area contributed by atoms with Crippen molar-refractivity contribution < 1.29 is 0 Å². The van der Waals surface area contributed by atoms with Crippen LogP contribution in [0.2, 0.25) is 0 Å². The molecule has 0 atom stereocenters. The number of aryl methyl sites for hydroxylation is 1. The molecule has 0 aliphatic heterocycles. The molecule has 132 valence electrons. The minimum absolute atomic E-state index is 0.973. The first-order valence-corrected chi connectivity index (χ1v) is 9.51. The summed E-state index contributed by atoms with van der Waals surface area (Å²) in [6, 6.07) is 26.4. The summed E-state index contributed by atoms with van der Waals surface area (Å²) >= 11 is 0. The lowest BCUT2D eigenvalue weighted by Gasteiger charge is -2.10. The predicted octanol–water partition coefficient (Wildman–Crippen LogP) is 7.62. The van der Waals surface area contributed by atoms with Crippen molar-refractivity contribution in [3.63, 3.8) is 0 Å². The zero-order chi connectivity index (χ0) is 18.6. The zero-order valence-electron chi connectivity index (χ0n) is 15.9. The van der Waals surface area contributed by atoms with Crippen LogP contribution in [-0.2, 0) is 0 Å². The maximum absolute atomic E-state index is 2.31. The van der Waals surface area contributed by atoms with Crippen LogP contribution in [0.5, 0.6) is 0 Å². The van der Waals surface area contributed by atoms with E-state index in [9.17, 15) is 0 Å². The summed E-state index contributed by atoms with van der Waals surface area (Å²) < 4.78 is 0. The molecule has 3 aromatic carbocycles. The molecule has 0 fully saturated rings. The summed E-state index contributed by atoms with van der Waals surface area (Å²) in [5.74, 6) is 0. The van der Waals surface area contributed by atoms with E-state index in [1.54, 1.807) is 0 Å². The van der Waals surface area contributed by atoms with Gasteiger partial charge in [-0.1, -0.05) is 96.1 Å². The second kappa shape index (κ2) is 7.63. The van der Waals surface area contributed by atoms with Gasteiger partial charge in [-0.2, -0.15) is 0 Å². The van der Waals surface area contributed by atoms with Crippen LogP contribution in [-0.4, -0.2) is 0 Å². The van der Waals surface area contributed by atoms with Crippen molar-refractivity contribution in [1.29, 1.82) is 0 Å². The Kier molecular flexibility index (Phi) is 4.89. The van der Waals surface area contributed by atoms with Crippen LogP contribution in [0.25, 0.3) is 27.8 Å². The lowest BCUT2D eigenvalue weighted by atomic mass is 9.95. The highest BCUT2D eigenvalue weighted by Gasteiger charge is 2.06. The molecule has 0 unspecified atom stereocenters. The van der Waals surface area contributed by atoms with Gasteiger partial charge in [0.1, 0.15) is 0 Å². The highest BCUT2D eigenvalue weighted by Crippen LogP contribution is 2.30. The highest BCUT2D eigenvalue weighted by molar-refractivity contribution is 5.77. The van der Waals surface area contributed by atoms with E-state index >= 15 is 0 Å². The minimum atomic E-state index is 0.973. The summed E-state index contributed by atoms with van der Waals surface area (Å²) in [5.41, 5.74) is 10.3. The molecule has 0 amide bonds. The largest absolute Gasteiger partial charge is 0.0798 e. The number of hydrogen-bond donors (Lipinski definition) is 0. The van der Waals surface area contributed by atoms with Crippen molar-refractivity contribution in [1.82, 2.24) is 0 Å². The van der Waals surface area contributed by atoms with Crippen molar-refractivity contribution in [2.24, 2.45) is 0 Å². The van der Waals surface area contributed by atoms with E-state index in [0.29, 0.717) is 0 Å². The molecular formula is C27H24. The Balaban J connectivity index is 1.69. The number of benzene rings is 3. The van der Waals surface area contributed by atoms with Gasteiger partial charge < -0.3 is 0 Å². The molecule has 0 spiro atoms. The SMILES string of the molecule is CC1=CC=C(c2cccc(-c3cccc(-c4ccc(C)cc4)c3)c2)CC=C1. The molecule has 0 saturated carbocycles. The molecule has 0 saturated heterocycles. The molecule has 1 aliphatic rings. The van der Waals surface area contributed by atoms with Crippen molar-refractivity contribution in [3.8, 4) is 22.3 Å². The van der Waals surface area contributed by atoms with Crippen molar-refractivity contribution in [3.05, 3.63) is 114 Å². The van der Waals surface area contributed by atoms with Gasteiger partial charge in [0.15, 0.2) is 0 Å². The first-order chi connectivity index (χ1) is 13.2. The summed E-state index contributed by atoms with van der Waals surface area (Å²) in [4.78, 5) is 0. The number of rotatable bonds is 3. The molecule has 1 aliphatic carbocycles. The summed E-state index contributed by atoms with van der Waals surface area (Å²) in [5, 5.41) is 0. The molecule has 0 heterocycles. The molecule has 0 N–H and O–H groups in total. The lowest BCUT2D eigenvalue weighted by molar-refractivity contribution is 1.39. The average molecular weight is 348 g/mol. The van der Waals surface area contributed by atoms with Crippen LogP contribution in [0.4, 0.5) is 0 Å². The van der Waals surface area contributed by atoms with Crippen molar-refractivity contribution in [2.75, 3.05) is 0 Å². The fourth-order valence-electron chi connectivity index (χ4n) is 3.46. The first kappa shape index (κ1) is 17.3. The van der Waals surface area contributed by atoms with Gasteiger partial charge >= 0.3 is 0 Å². The van der Waals surface area contributed by atoms with Gasteiger partial charge in [-0.3, -0.25) is 0 Å². The third-order valence-corrected chi connectivity index (χ3v) is 5.08. The number of hydrogen-bond acceptors (Lipinski definition) is 0. The van der Waals surface area contributed by atoms with Crippen molar-refractivity contribution in [2.45, 2.75) is 20.3 Å². The van der Waals surface area contributed by atoms with Crippen LogP contribution in [0.15, 0.2) is 103 Å². The smallest absolute Gasteiger partial charge is 0.00883 e. The van der Waals surface area contributed by atoms with Gasteiger partial charge in [-0.15, -0.1) is 0 Å². The van der Waals surface area contributed by atoms with Gasteiger partial charge in [-0.05, 0) is 65.8 Å². The lowest BCUT2D eigenvalue weighted by Crippen LogP contribution is -1.86. The van der Waals surface area contributed by atoms with E-state index in [4.69, 9.17) is 0 Å². The summed E-state index contributed by atoms with van der Waals surface area (Å²) in [7, 11) is 0. The van der Waals surface area contributed by atoms with E-state index < -0.39 is 0 Å². The van der Waals surface area contributed by atoms with Crippen LogP contribution in [0, 0.1) is 6.92 Å². The molecule has 0 bridgehead atoms. The average Bonchev–Trinajstić information content (AvgIpc) is 2.93. The molecule has 27 heavy (non-hydrogen) atoms. The Morgan fingerprint density at radius 3 is 1.89 bits per heavy atom. The van der Waals surface area contributed by atoms with E-state index in [0.717, 1.165) is 6.42 Å². The maximum atomic E-state index is 2.31. The third kappa shape index (κ3) is 4.01. The van der Waals surface area contributed by atoms with Gasteiger partial charge in [0.2, 0.25) is 0 Å². The maximum Gasteiger partial charge on any atom is -0.00883 e. The van der Waals surface area contributed by atoms with Crippen molar-refractivity contribution >= 4 is 5.57 Å². The quantitative estimate of drug-likeness (QED) is 0.456. The first-order valence-electron chi connectivity index (χ1n) is 9.51.